The molecule has 0 bridgehead atoms. The molecule has 21 heavy (non-hydrogen) atoms. The number of nitrogens with zero attached hydrogens (tertiary/aromatic N) is 2. The summed E-state index contributed by atoms with van der Waals surface area (Å²) < 4.78 is 11.0. The van der Waals surface area contributed by atoms with E-state index in [-0.39, 0.29) is 18.2 Å². The molecule has 0 saturated heterocycles. The highest BCUT2D eigenvalue weighted by Gasteiger charge is 2.25. The molecule has 0 aromatic carbocycles. The van der Waals surface area contributed by atoms with Crippen molar-refractivity contribution in [2.75, 3.05) is 0 Å². The molecule has 0 aliphatic heterocycles. The lowest BCUT2D eigenvalue weighted by molar-refractivity contribution is 0.0467. The van der Waals surface area contributed by atoms with Crippen molar-refractivity contribution in [3.8, 4) is 6.01 Å². The Morgan fingerprint density at radius 3 is 2.38 bits per heavy atom. The van der Waals surface area contributed by atoms with Crippen molar-refractivity contribution in [3.63, 3.8) is 0 Å². The van der Waals surface area contributed by atoms with Gasteiger partial charge in [0.05, 0.1) is 0 Å². The van der Waals surface area contributed by atoms with Gasteiger partial charge in [0.2, 0.25) is 0 Å². The number of ether oxygens (including phenoxy) is 2. The van der Waals surface area contributed by atoms with Crippen molar-refractivity contribution in [1.29, 1.82) is 0 Å². The first-order chi connectivity index (χ1) is 9.92. The smallest absolute Gasteiger partial charge is 0.407 e. The summed E-state index contributed by atoms with van der Waals surface area (Å²) >= 11 is 0. The molecular weight excluding hydrogens is 270 g/mol. The van der Waals surface area contributed by atoms with E-state index < -0.39 is 5.60 Å². The second-order valence-corrected chi connectivity index (χ2v) is 6.27. The lowest BCUT2D eigenvalue weighted by Gasteiger charge is -2.29. The maximum atomic E-state index is 11.7. The van der Waals surface area contributed by atoms with Gasteiger partial charge in [-0.1, -0.05) is 0 Å². The van der Waals surface area contributed by atoms with E-state index in [0.29, 0.717) is 6.01 Å². The summed E-state index contributed by atoms with van der Waals surface area (Å²) in [5.41, 5.74) is -0.463. The van der Waals surface area contributed by atoms with Gasteiger partial charge in [-0.25, -0.2) is 14.8 Å². The van der Waals surface area contributed by atoms with Gasteiger partial charge in [-0.15, -0.1) is 0 Å². The van der Waals surface area contributed by atoms with E-state index in [4.69, 9.17) is 9.47 Å². The molecule has 6 nitrogen and oxygen atoms in total. The average molecular weight is 293 g/mol. The van der Waals surface area contributed by atoms with Gasteiger partial charge in [-0.3, -0.25) is 0 Å². The second kappa shape index (κ2) is 6.74. The van der Waals surface area contributed by atoms with Crippen LogP contribution in [0.25, 0.3) is 0 Å². The van der Waals surface area contributed by atoms with Gasteiger partial charge in [0.15, 0.2) is 0 Å². The van der Waals surface area contributed by atoms with E-state index in [0.717, 1.165) is 25.7 Å². The van der Waals surface area contributed by atoms with Gasteiger partial charge < -0.3 is 14.8 Å². The highest BCUT2D eigenvalue weighted by molar-refractivity contribution is 5.68. The molecule has 0 radical (unpaired) electrons. The van der Waals surface area contributed by atoms with Gasteiger partial charge in [-0.2, -0.15) is 0 Å². The van der Waals surface area contributed by atoms with E-state index in [9.17, 15) is 4.79 Å². The highest BCUT2D eigenvalue weighted by atomic mass is 16.6. The van der Waals surface area contributed by atoms with Crippen molar-refractivity contribution in [1.82, 2.24) is 15.3 Å². The van der Waals surface area contributed by atoms with Gasteiger partial charge in [0.25, 0.3) is 0 Å². The fourth-order valence-electron chi connectivity index (χ4n) is 2.29. The van der Waals surface area contributed by atoms with Gasteiger partial charge >= 0.3 is 12.1 Å². The maximum Gasteiger partial charge on any atom is 0.407 e. The number of aromatic nitrogens is 2. The van der Waals surface area contributed by atoms with Crippen LogP contribution < -0.4 is 10.1 Å². The minimum Gasteiger partial charge on any atom is -0.460 e. The Morgan fingerprint density at radius 2 is 1.81 bits per heavy atom. The third kappa shape index (κ3) is 5.57. The summed E-state index contributed by atoms with van der Waals surface area (Å²) in [5, 5.41) is 2.91. The van der Waals surface area contributed by atoms with Crippen LogP contribution in [0.2, 0.25) is 0 Å². The summed E-state index contributed by atoms with van der Waals surface area (Å²) in [6.45, 7) is 5.57. The number of carbonyl (C=O) groups excluding carboxylic acids is 1. The van der Waals surface area contributed by atoms with Crippen molar-refractivity contribution >= 4 is 6.09 Å². The molecule has 2 rings (SSSR count). The van der Waals surface area contributed by atoms with E-state index in [1.807, 2.05) is 20.8 Å². The molecule has 1 heterocycles. The summed E-state index contributed by atoms with van der Waals surface area (Å²) in [6, 6.07) is 2.33. The Bertz CT molecular complexity index is 451. The molecule has 1 aromatic rings. The lowest BCUT2D eigenvalue weighted by Crippen LogP contribution is -2.42. The Kier molecular flexibility index (Phi) is 4.98. The van der Waals surface area contributed by atoms with Gasteiger partial charge in [0.1, 0.15) is 11.7 Å². The van der Waals surface area contributed by atoms with Gasteiger partial charge in [-0.05, 0) is 52.5 Å². The molecule has 0 spiro atoms. The molecule has 116 valence electrons. The summed E-state index contributed by atoms with van der Waals surface area (Å²) in [6.07, 6.45) is 6.59. The summed E-state index contributed by atoms with van der Waals surface area (Å²) in [4.78, 5) is 19.8. The molecule has 1 fully saturated rings. The van der Waals surface area contributed by atoms with Crippen molar-refractivity contribution in [3.05, 3.63) is 18.5 Å². The molecule has 0 atom stereocenters. The quantitative estimate of drug-likeness (QED) is 0.927. The topological polar surface area (TPSA) is 73.3 Å². The Hall–Kier alpha value is -1.85. The maximum absolute atomic E-state index is 11.7. The number of rotatable bonds is 3. The van der Waals surface area contributed by atoms with Crippen LogP contribution in [0.1, 0.15) is 46.5 Å². The fraction of sp³-hybridized carbons (Fsp3) is 0.667. The molecule has 0 unspecified atom stereocenters. The second-order valence-electron chi connectivity index (χ2n) is 6.27. The third-order valence-electron chi connectivity index (χ3n) is 3.21. The van der Waals surface area contributed by atoms with Crippen molar-refractivity contribution < 1.29 is 14.3 Å². The molecular formula is C15H23N3O3. The van der Waals surface area contributed by atoms with Crippen LogP contribution in [0.4, 0.5) is 4.79 Å². The van der Waals surface area contributed by atoms with E-state index in [2.05, 4.69) is 15.3 Å². The summed E-state index contributed by atoms with van der Waals surface area (Å²) in [7, 11) is 0. The van der Waals surface area contributed by atoms with Crippen molar-refractivity contribution in [2.45, 2.75) is 64.2 Å². The highest BCUT2D eigenvalue weighted by Crippen LogP contribution is 2.22. The summed E-state index contributed by atoms with van der Waals surface area (Å²) in [5.74, 6) is 0. The van der Waals surface area contributed by atoms with Crippen LogP contribution in [0.15, 0.2) is 18.5 Å². The Balaban J connectivity index is 1.72. The largest absolute Gasteiger partial charge is 0.460 e. The first kappa shape index (κ1) is 15.5. The zero-order valence-corrected chi connectivity index (χ0v) is 12.8. The standard InChI is InChI=1S/C15H23N3O3/c1-15(2,3)21-14(19)18-11-5-7-12(8-6-11)20-13-16-9-4-10-17-13/h4,9-12H,5-8H2,1-3H3,(H,18,19)/t11-,12-. The van der Waals surface area contributed by atoms with E-state index >= 15 is 0 Å². The Morgan fingerprint density at radius 1 is 1.19 bits per heavy atom. The number of carbonyl (C=O) groups is 1. The van der Waals surface area contributed by atoms with Crippen LogP contribution in [-0.2, 0) is 4.74 Å². The number of hydrogen-bond acceptors (Lipinski definition) is 5. The number of alkyl carbamates (subject to hydrolysis) is 1. The SMILES string of the molecule is CC(C)(C)OC(=O)N[C@H]1CC[C@H](Oc2ncccn2)CC1. The zero-order valence-electron chi connectivity index (χ0n) is 12.8. The molecule has 1 amide bonds. The normalized spacial score (nSPS) is 22.4. The van der Waals surface area contributed by atoms with Crippen LogP contribution >= 0.6 is 0 Å². The first-order valence-electron chi connectivity index (χ1n) is 7.35. The van der Waals surface area contributed by atoms with Crippen LogP contribution in [0.3, 0.4) is 0 Å². The monoisotopic (exact) mass is 293 g/mol. The molecule has 1 saturated carbocycles. The van der Waals surface area contributed by atoms with Crippen LogP contribution in [0, 0.1) is 0 Å². The lowest BCUT2D eigenvalue weighted by atomic mass is 9.93. The van der Waals surface area contributed by atoms with E-state index in [1.54, 1.807) is 18.5 Å². The van der Waals surface area contributed by atoms with Crippen molar-refractivity contribution in [2.24, 2.45) is 0 Å². The zero-order chi connectivity index (χ0) is 15.3. The van der Waals surface area contributed by atoms with Gasteiger partial charge in [0, 0.05) is 18.4 Å². The Labute approximate surface area is 125 Å². The molecule has 6 heteroatoms. The predicted octanol–water partition coefficient (Wildman–Crippen LogP) is 2.69. The van der Waals surface area contributed by atoms with Crippen LogP contribution in [-0.4, -0.2) is 33.8 Å². The fourth-order valence-corrected chi connectivity index (χ4v) is 2.29. The molecule has 1 aliphatic carbocycles. The minimum absolute atomic E-state index is 0.115. The first-order valence-corrected chi connectivity index (χ1v) is 7.35. The molecule has 1 N–H and O–H groups in total. The van der Waals surface area contributed by atoms with E-state index in [1.165, 1.54) is 0 Å². The number of amides is 1. The predicted molar refractivity (Wildman–Crippen MR) is 78.1 cm³/mol. The molecule has 1 aliphatic rings. The average Bonchev–Trinajstić information content (AvgIpc) is 2.40. The van der Waals surface area contributed by atoms with Crippen LogP contribution in [0.5, 0.6) is 6.01 Å². The molecule has 1 aromatic heterocycles. The number of nitrogens with one attached hydrogen (secondary N) is 1. The number of hydrogen-bond donors (Lipinski definition) is 1. The third-order valence-corrected chi connectivity index (χ3v) is 3.21. The minimum atomic E-state index is -0.463.